The third-order valence-electron chi connectivity index (χ3n) is 4.76. The van der Waals surface area contributed by atoms with E-state index >= 15 is 0 Å². The largest absolute Gasteiger partial charge is 0.493 e. The fraction of sp³-hybridized carbons (Fsp3) is 0.192. The van der Waals surface area contributed by atoms with Crippen LogP contribution in [0.15, 0.2) is 70.2 Å². The maximum atomic E-state index is 12.4. The first kappa shape index (κ1) is 25.8. The molecule has 0 unspecified atom stereocenters. The number of hydrogen-bond donors (Lipinski definition) is 2. The Morgan fingerprint density at radius 2 is 1.71 bits per heavy atom. The van der Waals surface area contributed by atoms with Gasteiger partial charge in [0.2, 0.25) is 0 Å². The van der Waals surface area contributed by atoms with Crippen LogP contribution in [0.5, 0.6) is 17.2 Å². The van der Waals surface area contributed by atoms with Crippen LogP contribution in [0, 0.1) is 6.92 Å². The van der Waals surface area contributed by atoms with E-state index in [1.165, 1.54) is 13.3 Å². The molecule has 0 saturated heterocycles. The van der Waals surface area contributed by atoms with Gasteiger partial charge in [-0.15, -0.1) is 0 Å². The molecule has 0 fully saturated rings. The Hall–Kier alpha value is -3.85. The first-order valence-corrected chi connectivity index (χ1v) is 11.6. The summed E-state index contributed by atoms with van der Waals surface area (Å²) < 4.78 is 17.0. The number of nitrogens with one attached hydrogen (secondary N) is 2. The summed E-state index contributed by atoms with van der Waals surface area (Å²) in [6.07, 6.45) is 1.50. The number of ether oxygens (including phenoxy) is 3. The number of methoxy groups -OCH3 is 1. The maximum absolute atomic E-state index is 12.4. The molecule has 0 heterocycles. The average Bonchev–Trinajstić information content (AvgIpc) is 2.85. The summed E-state index contributed by atoms with van der Waals surface area (Å²) in [6.45, 7) is 4.15. The molecular formula is C26H26BrN3O5. The quantitative estimate of drug-likeness (QED) is 0.280. The molecule has 0 aliphatic carbocycles. The monoisotopic (exact) mass is 539 g/mol. The minimum Gasteiger partial charge on any atom is -0.493 e. The smallest absolute Gasteiger partial charge is 0.271 e. The lowest BCUT2D eigenvalue weighted by Gasteiger charge is -2.10. The van der Waals surface area contributed by atoms with Gasteiger partial charge >= 0.3 is 0 Å². The number of carbonyl (C=O) groups excluding carboxylic acids is 2. The third kappa shape index (κ3) is 7.58. The van der Waals surface area contributed by atoms with Gasteiger partial charge in [0.25, 0.3) is 11.8 Å². The lowest BCUT2D eigenvalue weighted by atomic mass is 10.2. The van der Waals surface area contributed by atoms with Crippen LogP contribution in [0.2, 0.25) is 0 Å². The summed E-state index contributed by atoms with van der Waals surface area (Å²) >= 11 is 3.43. The molecule has 0 saturated carbocycles. The summed E-state index contributed by atoms with van der Waals surface area (Å²) in [5.41, 5.74) is 5.42. The predicted octanol–water partition coefficient (Wildman–Crippen LogP) is 4.95. The Morgan fingerprint density at radius 1 is 0.971 bits per heavy atom. The molecule has 0 aromatic heterocycles. The zero-order chi connectivity index (χ0) is 25.2. The van der Waals surface area contributed by atoms with Crippen molar-refractivity contribution in [3.8, 4) is 17.2 Å². The Kier molecular flexibility index (Phi) is 9.25. The van der Waals surface area contributed by atoms with Gasteiger partial charge in [0.05, 0.1) is 24.4 Å². The van der Waals surface area contributed by atoms with Gasteiger partial charge < -0.3 is 19.5 Å². The van der Waals surface area contributed by atoms with E-state index in [4.69, 9.17) is 14.2 Å². The molecule has 0 atom stereocenters. The van der Waals surface area contributed by atoms with Gasteiger partial charge in [-0.1, -0.05) is 17.7 Å². The van der Waals surface area contributed by atoms with E-state index in [2.05, 4.69) is 31.8 Å². The number of nitrogens with zero attached hydrogens (tertiary/aromatic N) is 1. The SMILES string of the molecule is CCOc1cc(C(=O)N/N=C/c2ccc(OCC(=O)Nc3ccc(C)cc3)c(Br)c2)ccc1OC. The van der Waals surface area contributed by atoms with E-state index in [1.54, 1.807) is 36.4 Å². The number of halogens is 1. The Balaban J connectivity index is 1.54. The number of carbonyl (C=O) groups is 2. The molecule has 3 aromatic carbocycles. The second-order valence-electron chi connectivity index (χ2n) is 7.39. The summed E-state index contributed by atoms with van der Waals surface area (Å²) in [5, 5.41) is 6.80. The number of hydrazone groups is 1. The van der Waals surface area contributed by atoms with Gasteiger partial charge in [-0.2, -0.15) is 5.10 Å². The number of benzene rings is 3. The lowest BCUT2D eigenvalue weighted by molar-refractivity contribution is -0.118. The summed E-state index contributed by atoms with van der Waals surface area (Å²) in [7, 11) is 1.54. The molecule has 2 N–H and O–H groups in total. The van der Waals surface area contributed by atoms with Crippen LogP contribution in [-0.4, -0.2) is 38.4 Å². The second kappa shape index (κ2) is 12.6. The standard InChI is InChI=1S/C26H26BrN3O5/c1-4-34-24-14-19(8-12-23(24)33-3)26(32)30-28-15-18-7-11-22(21(27)13-18)35-16-25(31)29-20-9-5-17(2)6-10-20/h5-15H,4,16H2,1-3H3,(H,29,31)(H,30,32)/b28-15+. The van der Waals surface area contributed by atoms with Crippen molar-refractivity contribution in [1.82, 2.24) is 5.43 Å². The van der Waals surface area contributed by atoms with Crippen molar-refractivity contribution in [2.45, 2.75) is 13.8 Å². The van der Waals surface area contributed by atoms with Crippen LogP contribution in [0.3, 0.4) is 0 Å². The van der Waals surface area contributed by atoms with Crippen molar-refractivity contribution < 1.29 is 23.8 Å². The van der Waals surface area contributed by atoms with Crippen molar-refractivity contribution in [3.05, 3.63) is 81.8 Å². The van der Waals surface area contributed by atoms with E-state index in [-0.39, 0.29) is 18.4 Å². The highest BCUT2D eigenvalue weighted by molar-refractivity contribution is 9.10. The topological polar surface area (TPSA) is 98.3 Å². The van der Waals surface area contributed by atoms with E-state index in [1.807, 2.05) is 38.1 Å². The Bertz CT molecular complexity index is 1210. The highest BCUT2D eigenvalue weighted by Gasteiger charge is 2.11. The van der Waals surface area contributed by atoms with Gasteiger partial charge in [-0.25, -0.2) is 5.43 Å². The molecule has 35 heavy (non-hydrogen) atoms. The van der Waals surface area contributed by atoms with Crippen LogP contribution in [0.25, 0.3) is 0 Å². The molecule has 2 amide bonds. The number of hydrogen-bond acceptors (Lipinski definition) is 6. The Morgan fingerprint density at radius 3 is 2.40 bits per heavy atom. The normalized spacial score (nSPS) is 10.6. The first-order chi connectivity index (χ1) is 16.9. The number of aryl methyl sites for hydroxylation is 1. The molecule has 0 aliphatic heterocycles. The van der Waals surface area contributed by atoms with Gasteiger partial charge in [-0.05, 0) is 83.9 Å². The van der Waals surface area contributed by atoms with Gasteiger partial charge in [-0.3, -0.25) is 9.59 Å². The van der Waals surface area contributed by atoms with E-state index in [9.17, 15) is 9.59 Å². The highest BCUT2D eigenvalue weighted by atomic mass is 79.9. The fourth-order valence-electron chi connectivity index (χ4n) is 3.01. The fourth-order valence-corrected chi connectivity index (χ4v) is 3.52. The van der Waals surface area contributed by atoms with Crippen LogP contribution in [-0.2, 0) is 4.79 Å². The zero-order valence-electron chi connectivity index (χ0n) is 19.6. The summed E-state index contributed by atoms with van der Waals surface area (Å²) in [4.78, 5) is 24.6. The van der Waals surface area contributed by atoms with E-state index in [0.29, 0.717) is 39.6 Å². The minimum atomic E-state index is -0.386. The van der Waals surface area contributed by atoms with Crippen molar-refractivity contribution in [3.63, 3.8) is 0 Å². The highest BCUT2D eigenvalue weighted by Crippen LogP contribution is 2.28. The zero-order valence-corrected chi connectivity index (χ0v) is 21.2. The second-order valence-corrected chi connectivity index (χ2v) is 8.24. The van der Waals surface area contributed by atoms with Crippen LogP contribution in [0.4, 0.5) is 5.69 Å². The van der Waals surface area contributed by atoms with Crippen molar-refractivity contribution >= 4 is 39.6 Å². The van der Waals surface area contributed by atoms with E-state index < -0.39 is 0 Å². The van der Waals surface area contributed by atoms with Gasteiger partial charge in [0, 0.05) is 11.3 Å². The molecule has 8 nitrogen and oxygen atoms in total. The molecule has 0 aliphatic rings. The third-order valence-corrected chi connectivity index (χ3v) is 5.38. The molecule has 0 bridgehead atoms. The van der Waals surface area contributed by atoms with Gasteiger partial charge in [0.1, 0.15) is 5.75 Å². The molecular weight excluding hydrogens is 514 g/mol. The number of anilines is 1. The van der Waals surface area contributed by atoms with E-state index in [0.717, 1.165) is 11.1 Å². The lowest BCUT2D eigenvalue weighted by Crippen LogP contribution is -2.20. The van der Waals surface area contributed by atoms with Crippen molar-refractivity contribution in [2.24, 2.45) is 5.10 Å². The number of amides is 2. The summed E-state index contributed by atoms with van der Waals surface area (Å²) in [5.74, 6) is 0.890. The molecule has 182 valence electrons. The van der Waals surface area contributed by atoms with Crippen molar-refractivity contribution in [1.29, 1.82) is 0 Å². The molecule has 9 heteroatoms. The maximum Gasteiger partial charge on any atom is 0.271 e. The number of rotatable bonds is 10. The molecule has 0 spiro atoms. The van der Waals surface area contributed by atoms with Crippen molar-refractivity contribution in [2.75, 3.05) is 25.6 Å². The van der Waals surface area contributed by atoms with Gasteiger partial charge in [0.15, 0.2) is 18.1 Å². The van der Waals surface area contributed by atoms with Crippen LogP contribution < -0.4 is 25.0 Å². The molecule has 0 radical (unpaired) electrons. The minimum absolute atomic E-state index is 0.137. The summed E-state index contributed by atoms with van der Waals surface area (Å²) in [6, 6.07) is 17.7. The average molecular weight is 540 g/mol. The van der Waals surface area contributed by atoms with Crippen LogP contribution >= 0.6 is 15.9 Å². The predicted molar refractivity (Wildman–Crippen MR) is 139 cm³/mol. The molecule has 3 aromatic rings. The molecule has 3 rings (SSSR count). The Labute approximate surface area is 212 Å². The van der Waals surface area contributed by atoms with Crippen LogP contribution in [0.1, 0.15) is 28.4 Å². The first-order valence-electron chi connectivity index (χ1n) is 10.8.